The molecule has 0 bridgehead atoms. The monoisotopic (exact) mass is 308 g/mol. The standard InChI is InChI=1S/C14H13BrO3/c1-2-6-18-14-10(4-3-5-12(14)15)11-7-9(16)8-13(11)17/h2-5,7,9,16H,1,6,8H2. The quantitative estimate of drug-likeness (QED) is 0.870. The summed E-state index contributed by atoms with van der Waals surface area (Å²) in [4.78, 5) is 11.8. The van der Waals surface area contributed by atoms with Gasteiger partial charge >= 0.3 is 0 Å². The molecular weight excluding hydrogens is 296 g/mol. The minimum atomic E-state index is -0.696. The van der Waals surface area contributed by atoms with Crippen LogP contribution < -0.4 is 4.74 Å². The summed E-state index contributed by atoms with van der Waals surface area (Å²) in [6, 6.07) is 5.49. The SMILES string of the molecule is C=CCOc1c(Br)cccc1C1=CC(O)CC1=O. The number of allylic oxidation sites excluding steroid dienone is 1. The van der Waals surface area contributed by atoms with E-state index in [-0.39, 0.29) is 12.2 Å². The second-order valence-corrected chi connectivity index (χ2v) is 4.85. The molecule has 1 aromatic carbocycles. The molecule has 1 atom stereocenters. The number of aliphatic hydroxyl groups is 1. The van der Waals surface area contributed by atoms with E-state index in [1.54, 1.807) is 12.2 Å². The molecule has 0 saturated carbocycles. The molecule has 1 aromatic rings. The van der Waals surface area contributed by atoms with Gasteiger partial charge in [0.05, 0.1) is 10.6 Å². The Kier molecular flexibility index (Phi) is 3.99. The number of halogens is 1. The molecule has 0 amide bonds. The minimum absolute atomic E-state index is 0.0657. The van der Waals surface area contributed by atoms with Crippen molar-refractivity contribution in [1.29, 1.82) is 0 Å². The van der Waals surface area contributed by atoms with Crippen molar-refractivity contribution in [1.82, 2.24) is 0 Å². The van der Waals surface area contributed by atoms with E-state index in [0.717, 1.165) is 4.47 Å². The lowest BCUT2D eigenvalue weighted by atomic mass is 10.0. The Morgan fingerprint density at radius 3 is 2.94 bits per heavy atom. The maximum atomic E-state index is 11.8. The van der Waals surface area contributed by atoms with Crippen LogP contribution in [0.25, 0.3) is 5.57 Å². The highest BCUT2D eigenvalue weighted by atomic mass is 79.9. The highest BCUT2D eigenvalue weighted by Crippen LogP contribution is 2.36. The summed E-state index contributed by atoms with van der Waals surface area (Å²) in [7, 11) is 0. The van der Waals surface area contributed by atoms with Gasteiger partial charge in [0.25, 0.3) is 0 Å². The van der Waals surface area contributed by atoms with Gasteiger partial charge in [0.15, 0.2) is 5.78 Å². The molecule has 0 aliphatic heterocycles. The topological polar surface area (TPSA) is 46.5 Å². The first-order valence-corrected chi connectivity index (χ1v) is 6.38. The van der Waals surface area contributed by atoms with Gasteiger partial charge in [-0.25, -0.2) is 0 Å². The van der Waals surface area contributed by atoms with Gasteiger partial charge in [-0.05, 0) is 28.1 Å². The zero-order valence-electron chi connectivity index (χ0n) is 9.73. The van der Waals surface area contributed by atoms with Crippen LogP contribution in [-0.2, 0) is 4.79 Å². The molecule has 1 aliphatic carbocycles. The van der Waals surface area contributed by atoms with Crippen molar-refractivity contribution in [2.24, 2.45) is 0 Å². The van der Waals surface area contributed by atoms with Gasteiger partial charge in [-0.3, -0.25) is 4.79 Å². The summed E-state index contributed by atoms with van der Waals surface area (Å²) in [6.45, 7) is 3.96. The summed E-state index contributed by atoms with van der Waals surface area (Å²) in [5.74, 6) is 0.537. The molecule has 2 rings (SSSR count). The van der Waals surface area contributed by atoms with Gasteiger partial charge in [-0.2, -0.15) is 0 Å². The molecule has 0 saturated heterocycles. The molecule has 1 N–H and O–H groups in total. The number of para-hydroxylation sites is 1. The lowest BCUT2D eigenvalue weighted by molar-refractivity contribution is -0.114. The van der Waals surface area contributed by atoms with Gasteiger partial charge in [0.1, 0.15) is 12.4 Å². The summed E-state index contributed by atoms with van der Waals surface area (Å²) >= 11 is 3.40. The Morgan fingerprint density at radius 1 is 1.56 bits per heavy atom. The zero-order chi connectivity index (χ0) is 13.1. The predicted molar refractivity (Wildman–Crippen MR) is 73.4 cm³/mol. The van der Waals surface area contributed by atoms with E-state index >= 15 is 0 Å². The molecular formula is C14H13BrO3. The van der Waals surface area contributed by atoms with E-state index in [4.69, 9.17) is 4.74 Å². The predicted octanol–water partition coefficient (Wildman–Crippen LogP) is 2.73. The average molecular weight is 309 g/mol. The number of rotatable bonds is 4. The normalized spacial score (nSPS) is 18.7. The molecule has 0 fully saturated rings. The second kappa shape index (κ2) is 5.50. The average Bonchev–Trinajstić information content (AvgIpc) is 2.66. The number of hydrogen-bond donors (Lipinski definition) is 1. The number of ether oxygens (including phenoxy) is 1. The van der Waals surface area contributed by atoms with Crippen molar-refractivity contribution in [3.63, 3.8) is 0 Å². The van der Waals surface area contributed by atoms with E-state index in [0.29, 0.717) is 23.5 Å². The third-order valence-corrected chi connectivity index (χ3v) is 3.28. The van der Waals surface area contributed by atoms with E-state index in [2.05, 4.69) is 22.5 Å². The largest absolute Gasteiger partial charge is 0.488 e. The van der Waals surface area contributed by atoms with Crippen molar-refractivity contribution in [2.75, 3.05) is 6.61 Å². The Hall–Kier alpha value is -1.39. The number of benzene rings is 1. The minimum Gasteiger partial charge on any atom is -0.488 e. The Balaban J connectivity index is 2.44. The van der Waals surface area contributed by atoms with Crippen LogP contribution in [0.2, 0.25) is 0 Å². The molecule has 0 heterocycles. The summed E-state index contributed by atoms with van der Waals surface area (Å²) < 4.78 is 6.35. The van der Waals surface area contributed by atoms with Crippen LogP contribution in [0.4, 0.5) is 0 Å². The van der Waals surface area contributed by atoms with Crippen molar-refractivity contribution in [3.05, 3.63) is 47.0 Å². The Labute approximate surface area is 114 Å². The molecule has 18 heavy (non-hydrogen) atoms. The Bertz CT molecular complexity index is 520. The van der Waals surface area contributed by atoms with Crippen molar-refractivity contribution < 1.29 is 14.6 Å². The first-order chi connectivity index (χ1) is 8.63. The van der Waals surface area contributed by atoms with Crippen LogP contribution >= 0.6 is 15.9 Å². The van der Waals surface area contributed by atoms with Crippen molar-refractivity contribution >= 4 is 27.3 Å². The van der Waals surface area contributed by atoms with Crippen LogP contribution in [0.5, 0.6) is 5.75 Å². The molecule has 1 unspecified atom stereocenters. The van der Waals surface area contributed by atoms with Crippen molar-refractivity contribution in [3.8, 4) is 5.75 Å². The zero-order valence-corrected chi connectivity index (χ0v) is 11.3. The number of hydrogen-bond acceptors (Lipinski definition) is 3. The number of aliphatic hydroxyl groups excluding tert-OH is 1. The molecule has 4 heteroatoms. The van der Waals surface area contributed by atoms with Crippen LogP contribution in [0, 0.1) is 0 Å². The first kappa shape index (κ1) is 13.1. The fraction of sp³-hybridized carbons (Fsp3) is 0.214. The summed E-state index contributed by atoms with van der Waals surface area (Å²) in [6.07, 6.45) is 2.66. The maximum Gasteiger partial charge on any atom is 0.166 e. The molecule has 0 aromatic heterocycles. The van der Waals surface area contributed by atoms with Gasteiger partial charge in [0, 0.05) is 17.6 Å². The second-order valence-electron chi connectivity index (χ2n) is 3.99. The van der Waals surface area contributed by atoms with E-state index in [1.807, 2.05) is 18.2 Å². The number of Topliss-reactive ketones (excluding diaryl/α,β-unsaturated/α-hetero) is 1. The summed E-state index contributed by atoms with van der Waals surface area (Å²) in [5, 5.41) is 9.50. The lowest BCUT2D eigenvalue weighted by Crippen LogP contribution is -2.03. The van der Waals surface area contributed by atoms with E-state index in [1.165, 1.54) is 0 Å². The van der Waals surface area contributed by atoms with Crippen LogP contribution in [0.1, 0.15) is 12.0 Å². The van der Waals surface area contributed by atoms with Gasteiger partial charge in [0.2, 0.25) is 0 Å². The Morgan fingerprint density at radius 2 is 2.33 bits per heavy atom. The van der Waals surface area contributed by atoms with Crippen LogP contribution in [0.3, 0.4) is 0 Å². The number of carbonyl (C=O) groups excluding carboxylic acids is 1. The molecule has 1 aliphatic rings. The fourth-order valence-corrected chi connectivity index (χ4v) is 2.37. The van der Waals surface area contributed by atoms with Gasteiger partial charge < -0.3 is 9.84 Å². The number of ketones is 1. The van der Waals surface area contributed by atoms with Crippen LogP contribution in [-0.4, -0.2) is 23.6 Å². The third kappa shape index (κ3) is 2.54. The van der Waals surface area contributed by atoms with Gasteiger partial charge in [-0.1, -0.05) is 24.8 Å². The van der Waals surface area contributed by atoms with E-state index < -0.39 is 6.10 Å². The lowest BCUT2D eigenvalue weighted by Gasteiger charge is -2.12. The van der Waals surface area contributed by atoms with Gasteiger partial charge in [-0.15, -0.1) is 0 Å². The maximum absolute atomic E-state index is 11.8. The molecule has 0 radical (unpaired) electrons. The highest BCUT2D eigenvalue weighted by molar-refractivity contribution is 9.10. The highest BCUT2D eigenvalue weighted by Gasteiger charge is 2.26. The van der Waals surface area contributed by atoms with Crippen LogP contribution in [0.15, 0.2) is 41.4 Å². The first-order valence-electron chi connectivity index (χ1n) is 5.59. The number of carbonyl (C=O) groups is 1. The van der Waals surface area contributed by atoms with Crippen molar-refractivity contribution in [2.45, 2.75) is 12.5 Å². The smallest absolute Gasteiger partial charge is 0.166 e. The summed E-state index contributed by atoms with van der Waals surface area (Å²) in [5.41, 5.74) is 1.22. The third-order valence-electron chi connectivity index (χ3n) is 2.66. The molecule has 3 nitrogen and oxygen atoms in total. The van der Waals surface area contributed by atoms with E-state index in [9.17, 15) is 9.90 Å². The molecule has 0 spiro atoms. The molecule has 94 valence electrons. The fourth-order valence-electron chi connectivity index (χ4n) is 1.89.